The van der Waals surface area contributed by atoms with Gasteiger partial charge in [0, 0.05) is 27.7 Å². The van der Waals surface area contributed by atoms with Gasteiger partial charge in [-0.25, -0.2) is 4.39 Å². The molecule has 24 heavy (non-hydrogen) atoms. The van der Waals surface area contributed by atoms with E-state index in [1.807, 2.05) is 0 Å². The molecule has 0 bridgehead atoms. The summed E-state index contributed by atoms with van der Waals surface area (Å²) in [5.74, 6) is -3.09. The molecule has 0 aromatic heterocycles. The summed E-state index contributed by atoms with van der Waals surface area (Å²) in [7, 11) is 0. The van der Waals surface area contributed by atoms with Crippen LogP contribution < -0.4 is 0 Å². The first-order valence-electron chi connectivity index (χ1n) is 7.06. The molecule has 5 atom stereocenters. The number of esters is 4. The van der Waals surface area contributed by atoms with Gasteiger partial charge in [-0.2, -0.15) is 0 Å². The van der Waals surface area contributed by atoms with Gasteiger partial charge in [0.05, 0.1) is 0 Å². The Morgan fingerprint density at radius 1 is 0.792 bits per heavy atom. The molecule has 1 heterocycles. The number of halogens is 1. The second-order valence-corrected chi connectivity index (χ2v) is 5.05. The Kier molecular flexibility index (Phi) is 7.08. The van der Waals surface area contributed by atoms with Crippen LogP contribution in [0.25, 0.3) is 0 Å². The Bertz CT molecular complexity index is 506. The number of hydrogen-bond donors (Lipinski definition) is 0. The second-order valence-electron chi connectivity index (χ2n) is 5.05. The van der Waals surface area contributed by atoms with Crippen molar-refractivity contribution in [1.29, 1.82) is 0 Å². The quantitative estimate of drug-likeness (QED) is 0.500. The normalized spacial score (nSPS) is 29.3. The number of rotatable bonds is 5. The summed E-state index contributed by atoms with van der Waals surface area (Å²) < 4.78 is 38.7. The largest absolute Gasteiger partial charge is 0.463 e. The van der Waals surface area contributed by atoms with Crippen molar-refractivity contribution in [3.05, 3.63) is 0 Å². The number of carbonyl (C=O) groups is 4. The third kappa shape index (κ3) is 5.76. The van der Waals surface area contributed by atoms with E-state index in [-0.39, 0.29) is 0 Å². The average Bonchev–Trinajstić information content (AvgIpc) is 2.42. The minimum absolute atomic E-state index is 0.446. The molecule has 9 nitrogen and oxygen atoms in total. The molecule has 10 heteroatoms. The zero-order valence-electron chi connectivity index (χ0n) is 13.6. The van der Waals surface area contributed by atoms with Crippen LogP contribution in [0, 0.1) is 0 Å². The number of alkyl halides is 1. The number of ether oxygens (including phenoxy) is 5. The van der Waals surface area contributed by atoms with Crippen LogP contribution in [0.15, 0.2) is 0 Å². The van der Waals surface area contributed by atoms with E-state index in [2.05, 4.69) is 0 Å². The van der Waals surface area contributed by atoms with Crippen molar-refractivity contribution >= 4 is 23.9 Å². The maximum absolute atomic E-state index is 14.2. The molecular formula is C14H19FO9. The van der Waals surface area contributed by atoms with Gasteiger partial charge < -0.3 is 23.7 Å². The third-order valence-electron chi connectivity index (χ3n) is 2.93. The molecule has 0 aromatic rings. The Balaban J connectivity index is 3.11. The van der Waals surface area contributed by atoms with E-state index in [4.69, 9.17) is 23.7 Å². The van der Waals surface area contributed by atoms with Crippen molar-refractivity contribution in [2.24, 2.45) is 0 Å². The van der Waals surface area contributed by atoms with Crippen molar-refractivity contribution in [1.82, 2.24) is 0 Å². The van der Waals surface area contributed by atoms with E-state index in [1.165, 1.54) is 0 Å². The lowest BCUT2D eigenvalue weighted by molar-refractivity contribution is -0.277. The van der Waals surface area contributed by atoms with E-state index < -0.39 is 61.3 Å². The maximum Gasteiger partial charge on any atom is 0.303 e. The summed E-state index contributed by atoms with van der Waals surface area (Å²) >= 11 is 0. The highest BCUT2D eigenvalue weighted by Gasteiger charge is 2.52. The van der Waals surface area contributed by atoms with Crippen molar-refractivity contribution in [3.63, 3.8) is 0 Å². The molecule has 0 N–H and O–H groups in total. The predicted octanol–water partition coefficient (Wildman–Crippen LogP) is 0.0390. The van der Waals surface area contributed by atoms with Crippen LogP contribution in [0.2, 0.25) is 0 Å². The van der Waals surface area contributed by atoms with Crippen LogP contribution >= 0.6 is 0 Å². The van der Waals surface area contributed by atoms with Crippen molar-refractivity contribution in [3.8, 4) is 0 Å². The highest BCUT2D eigenvalue weighted by Crippen LogP contribution is 2.29. The summed E-state index contributed by atoms with van der Waals surface area (Å²) in [6, 6.07) is 0. The highest BCUT2D eigenvalue weighted by molar-refractivity contribution is 5.68. The van der Waals surface area contributed by atoms with Gasteiger partial charge >= 0.3 is 23.9 Å². The van der Waals surface area contributed by atoms with Gasteiger partial charge in [-0.1, -0.05) is 0 Å². The topological polar surface area (TPSA) is 114 Å². The smallest absolute Gasteiger partial charge is 0.303 e. The molecule has 0 unspecified atom stereocenters. The molecule has 0 aromatic carbocycles. The zero-order chi connectivity index (χ0) is 18.4. The lowest BCUT2D eigenvalue weighted by Gasteiger charge is -2.41. The lowest BCUT2D eigenvalue weighted by atomic mass is 9.98. The summed E-state index contributed by atoms with van der Waals surface area (Å²) in [4.78, 5) is 44.7. The van der Waals surface area contributed by atoms with Crippen molar-refractivity contribution in [2.45, 2.75) is 58.5 Å². The molecule has 136 valence electrons. The van der Waals surface area contributed by atoms with Gasteiger partial charge in [-0.3, -0.25) is 19.2 Å². The molecule has 1 saturated heterocycles. The van der Waals surface area contributed by atoms with Crippen LogP contribution in [0.3, 0.4) is 0 Å². The molecular weight excluding hydrogens is 331 g/mol. The van der Waals surface area contributed by atoms with Gasteiger partial charge in [-0.05, 0) is 0 Å². The zero-order valence-corrected chi connectivity index (χ0v) is 13.6. The standard InChI is InChI=1S/C14H19FO9/c1-6(16)20-5-10-11(21-7(2)17)12(22-8(3)18)13(14(15)24-10)23-9(4)19/h10-14H,5H2,1-4H3/t10-,11-,12+,13-,14+/m0/s1. The van der Waals surface area contributed by atoms with E-state index in [0.717, 1.165) is 27.7 Å². The predicted molar refractivity (Wildman–Crippen MR) is 73.1 cm³/mol. The molecule has 1 aliphatic heterocycles. The van der Waals surface area contributed by atoms with Gasteiger partial charge in [0.15, 0.2) is 18.3 Å². The highest BCUT2D eigenvalue weighted by atomic mass is 19.1. The van der Waals surface area contributed by atoms with Crippen LogP contribution in [-0.4, -0.2) is 61.3 Å². The monoisotopic (exact) mass is 350 g/mol. The fourth-order valence-electron chi connectivity index (χ4n) is 2.18. The first-order valence-corrected chi connectivity index (χ1v) is 7.06. The number of carbonyl (C=O) groups excluding carboxylic acids is 4. The van der Waals surface area contributed by atoms with Gasteiger partial charge in [-0.15, -0.1) is 0 Å². The summed E-state index contributed by atoms with van der Waals surface area (Å²) in [6.45, 7) is 3.85. The van der Waals surface area contributed by atoms with Gasteiger partial charge in [0.2, 0.25) is 6.36 Å². The molecule has 1 aliphatic rings. The minimum Gasteiger partial charge on any atom is -0.463 e. The molecule has 0 spiro atoms. The molecule has 0 aliphatic carbocycles. The molecule has 1 rings (SSSR count). The summed E-state index contributed by atoms with van der Waals surface area (Å²) in [6.07, 6.45) is -7.85. The maximum atomic E-state index is 14.2. The minimum atomic E-state index is -2.18. The fraction of sp³-hybridized carbons (Fsp3) is 0.714. The molecule has 0 radical (unpaired) electrons. The van der Waals surface area contributed by atoms with Crippen molar-refractivity contribution < 1.29 is 47.3 Å². The van der Waals surface area contributed by atoms with Crippen molar-refractivity contribution in [2.75, 3.05) is 6.61 Å². The lowest BCUT2D eigenvalue weighted by Crippen LogP contribution is -2.61. The Morgan fingerprint density at radius 2 is 1.25 bits per heavy atom. The molecule has 0 saturated carbocycles. The van der Waals surface area contributed by atoms with Gasteiger partial charge in [0.25, 0.3) is 0 Å². The first kappa shape index (κ1) is 19.8. The van der Waals surface area contributed by atoms with E-state index in [0.29, 0.717) is 0 Å². The van der Waals surface area contributed by atoms with E-state index in [1.54, 1.807) is 0 Å². The first-order chi connectivity index (χ1) is 11.1. The summed E-state index contributed by atoms with van der Waals surface area (Å²) in [5, 5.41) is 0. The van der Waals surface area contributed by atoms with Crippen LogP contribution in [0.5, 0.6) is 0 Å². The van der Waals surface area contributed by atoms with Crippen LogP contribution in [0.4, 0.5) is 4.39 Å². The van der Waals surface area contributed by atoms with E-state index >= 15 is 0 Å². The Hall–Kier alpha value is -2.23. The summed E-state index contributed by atoms with van der Waals surface area (Å²) in [5.41, 5.74) is 0. The Labute approximate surface area is 137 Å². The Morgan fingerprint density at radius 3 is 1.71 bits per heavy atom. The average molecular weight is 350 g/mol. The third-order valence-corrected chi connectivity index (χ3v) is 2.93. The van der Waals surface area contributed by atoms with Crippen LogP contribution in [-0.2, 0) is 42.9 Å². The molecule has 0 amide bonds. The molecule has 1 fully saturated rings. The van der Waals surface area contributed by atoms with Crippen LogP contribution in [0.1, 0.15) is 27.7 Å². The van der Waals surface area contributed by atoms with E-state index in [9.17, 15) is 23.6 Å². The number of hydrogen-bond acceptors (Lipinski definition) is 9. The van der Waals surface area contributed by atoms with Gasteiger partial charge in [0.1, 0.15) is 12.7 Å². The second kappa shape index (κ2) is 8.57. The fourth-order valence-corrected chi connectivity index (χ4v) is 2.18. The SMILES string of the molecule is CC(=O)OC[C@@H]1O[C@@H](F)[C@@H](OC(C)=O)[C@H](OC(C)=O)[C@H]1OC(C)=O.